The molecule has 108 valence electrons. The van der Waals surface area contributed by atoms with Crippen LogP contribution in [0.2, 0.25) is 0 Å². The molecule has 2 atom stereocenters. The topological polar surface area (TPSA) is 63.7 Å². The predicted molar refractivity (Wildman–Crippen MR) is 72.1 cm³/mol. The Balaban J connectivity index is 1.92. The molecule has 0 aromatic carbocycles. The van der Waals surface area contributed by atoms with Crippen molar-refractivity contribution >= 4 is 17.8 Å². The fraction of sp³-hybridized carbons (Fsp3) is 0.533. The molecule has 5 nitrogen and oxygen atoms in total. The van der Waals surface area contributed by atoms with Crippen molar-refractivity contribution in [3.8, 4) is 0 Å². The van der Waals surface area contributed by atoms with Gasteiger partial charge in [-0.15, -0.1) is 0 Å². The lowest BCUT2D eigenvalue weighted by molar-refractivity contribution is -0.156. The summed E-state index contributed by atoms with van der Waals surface area (Å²) in [6.07, 6.45) is 4.41. The highest BCUT2D eigenvalue weighted by Crippen LogP contribution is 2.59. The third kappa shape index (κ3) is 2.53. The summed E-state index contributed by atoms with van der Waals surface area (Å²) >= 11 is 0. The zero-order valence-corrected chi connectivity index (χ0v) is 12.2. The van der Waals surface area contributed by atoms with Crippen molar-refractivity contribution in [3.63, 3.8) is 0 Å². The second-order valence-corrected chi connectivity index (χ2v) is 6.10. The van der Waals surface area contributed by atoms with Crippen LogP contribution in [0, 0.1) is 17.3 Å². The Bertz CT molecular complexity index is 508. The molecule has 0 bridgehead atoms. The molecule has 0 spiro atoms. The molecule has 1 heterocycles. The summed E-state index contributed by atoms with van der Waals surface area (Å²) in [4.78, 5) is 35.6. The van der Waals surface area contributed by atoms with Crippen molar-refractivity contribution in [2.75, 3.05) is 6.73 Å². The Morgan fingerprint density at radius 2 is 1.85 bits per heavy atom. The standard InChI is InChI=1S/C15H19NO4/c1-9(2)7-10-13(15(10,3)4)14(19)20-8-16-11(17)5-6-12(16)18/h5-7,10,13H,8H2,1-4H3/t10-,13+/m1/s1. The summed E-state index contributed by atoms with van der Waals surface area (Å²) in [6.45, 7) is 7.69. The SMILES string of the molecule is CC(C)=C[C@@H]1[C@@H](C(=O)OCN2C(=O)C=CC2=O)C1(C)C. The Labute approximate surface area is 118 Å². The smallest absolute Gasteiger partial charge is 0.311 e. The third-order valence-electron chi connectivity index (χ3n) is 3.91. The first-order valence-corrected chi connectivity index (χ1v) is 6.60. The van der Waals surface area contributed by atoms with Gasteiger partial charge in [0.25, 0.3) is 11.8 Å². The van der Waals surface area contributed by atoms with Gasteiger partial charge in [-0.05, 0) is 25.2 Å². The van der Waals surface area contributed by atoms with E-state index in [0.29, 0.717) is 0 Å². The van der Waals surface area contributed by atoms with Gasteiger partial charge >= 0.3 is 5.97 Å². The number of imide groups is 1. The number of carbonyl (C=O) groups excluding carboxylic acids is 3. The molecule has 5 heteroatoms. The Morgan fingerprint density at radius 1 is 1.30 bits per heavy atom. The van der Waals surface area contributed by atoms with Crippen molar-refractivity contribution in [1.82, 2.24) is 4.90 Å². The molecule has 2 aliphatic rings. The van der Waals surface area contributed by atoms with E-state index < -0.39 is 11.8 Å². The summed E-state index contributed by atoms with van der Waals surface area (Å²) in [5, 5.41) is 0. The van der Waals surface area contributed by atoms with Crippen LogP contribution in [0.25, 0.3) is 0 Å². The summed E-state index contributed by atoms with van der Waals surface area (Å²) in [5.41, 5.74) is 1.03. The monoisotopic (exact) mass is 277 g/mol. The van der Waals surface area contributed by atoms with Gasteiger partial charge in [0.2, 0.25) is 0 Å². The molecule has 0 aromatic rings. The lowest BCUT2D eigenvalue weighted by Crippen LogP contribution is -2.33. The average Bonchev–Trinajstić information content (AvgIpc) is 2.69. The number of rotatable bonds is 4. The number of hydrogen-bond donors (Lipinski definition) is 0. The van der Waals surface area contributed by atoms with E-state index in [1.54, 1.807) is 0 Å². The lowest BCUT2D eigenvalue weighted by atomic mass is 10.1. The molecule has 0 N–H and O–H groups in total. The minimum absolute atomic E-state index is 0.133. The molecule has 0 aromatic heterocycles. The maximum Gasteiger partial charge on any atom is 0.311 e. The first-order chi connectivity index (χ1) is 9.25. The zero-order chi connectivity index (χ0) is 15.1. The second kappa shape index (κ2) is 4.89. The van der Waals surface area contributed by atoms with Gasteiger partial charge in [-0.3, -0.25) is 14.4 Å². The highest BCUT2D eigenvalue weighted by Gasteiger charge is 2.61. The molecule has 0 saturated heterocycles. The maximum absolute atomic E-state index is 12.1. The molecule has 20 heavy (non-hydrogen) atoms. The largest absolute Gasteiger partial charge is 0.443 e. The second-order valence-electron chi connectivity index (χ2n) is 6.10. The van der Waals surface area contributed by atoms with Gasteiger partial charge in [0.05, 0.1) is 5.92 Å². The maximum atomic E-state index is 12.1. The first kappa shape index (κ1) is 14.5. The van der Waals surface area contributed by atoms with Crippen LogP contribution in [-0.2, 0) is 19.1 Å². The molecule has 2 rings (SSSR count). The van der Waals surface area contributed by atoms with Gasteiger partial charge in [0.15, 0.2) is 6.73 Å². The van der Waals surface area contributed by atoms with Gasteiger partial charge < -0.3 is 4.74 Å². The highest BCUT2D eigenvalue weighted by molar-refractivity contribution is 6.12. The normalized spacial score (nSPS) is 26.7. The number of hydrogen-bond acceptors (Lipinski definition) is 4. The highest BCUT2D eigenvalue weighted by atomic mass is 16.5. The van der Waals surface area contributed by atoms with Crippen LogP contribution < -0.4 is 0 Å². The molecular formula is C15H19NO4. The van der Waals surface area contributed by atoms with Crippen molar-refractivity contribution in [2.45, 2.75) is 27.7 Å². The van der Waals surface area contributed by atoms with Crippen molar-refractivity contribution in [3.05, 3.63) is 23.8 Å². The number of esters is 1. The van der Waals surface area contributed by atoms with Gasteiger partial charge in [-0.2, -0.15) is 0 Å². The summed E-state index contributed by atoms with van der Waals surface area (Å²) in [5.74, 6) is -1.30. The Hall–Kier alpha value is -1.91. The van der Waals surface area contributed by atoms with Crippen LogP contribution in [0.15, 0.2) is 23.8 Å². The molecule has 2 amide bonds. The average molecular weight is 277 g/mol. The third-order valence-corrected chi connectivity index (χ3v) is 3.91. The van der Waals surface area contributed by atoms with Gasteiger partial charge in [0, 0.05) is 12.2 Å². The fourth-order valence-corrected chi connectivity index (χ4v) is 2.57. The number of allylic oxidation sites excluding steroid dienone is 2. The van der Waals surface area contributed by atoms with Gasteiger partial charge in [0.1, 0.15) is 0 Å². The summed E-state index contributed by atoms with van der Waals surface area (Å²) in [6, 6.07) is 0. The molecule has 1 saturated carbocycles. The van der Waals surface area contributed by atoms with E-state index in [4.69, 9.17) is 4.74 Å². The fourth-order valence-electron chi connectivity index (χ4n) is 2.57. The van der Waals surface area contributed by atoms with E-state index in [9.17, 15) is 14.4 Å². The van der Waals surface area contributed by atoms with Crippen molar-refractivity contribution < 1.29 is 19.1 Å². The number of carbonyl (C=O) groups is 3. The Kier molecular flexibility index (Phi) is 3.54. The van der Waals surface area contributed by atoms with Gasteiger partial charge in [-0.25, -0.2) is 4.90 Å². The zero-order valence-electron chi connectivity index (χ0n) is 12.2. The predicted octanol–water partition coefficient (Wildman–Crippen LogP) is 1.65. The van der Waals surface area contributed by atoms with Crippen LogP contribution in [-0.4, -0.2) is 29.4 Å². The van der Waals surface area contributed by atoms with E-state index >= 15 is 0 Å². The quantitative estimate of drug-likeness (QED) is 0.445. The molecule has 0 unspecified atom stereocenters. The molecule has 1 fully saturated rings. The van der Waals surface area contributed by atoms with Crippen molar-refractivity contribution in [1.29, 1.82) is 0 Å². The van der Waals surface area contributed by atoms with E-state index in [-0.39, 0.29) is 30.0 Å². The van der Waals surface area contributed by atoms with Crippen molar-refractivity contribution in [2.24, 2.45) is 17.3 Å². The minimum atomic E-state index is -0.446. The van der Waals surface area contributed by atoms with Crippen LogP contribution >= 0.6 is 0 Å². The van der Waals surface area contributed by atoms with E-state index in [0.717, 1.165) is 10.5 Å². The van der Waals surface area contributed by atoms with Crippen LogP contribution in [0.4, 0.5) is 0 Å². The van der Waals surface area contributed by atoms with Crippen LogP contribution in [0.1, 0.15) is 27.7 Å². The molecule has 0 radical (unpaired) electrons. The van der Waals surface area contributed by atoms with Crippen LogP contribution in [0.5, 0.6) is 0 Å². The molecule has 1 aliphatic heterocycles. The Morgan fingerprint density at radius 3 is 2.35 bits per heavy atom. The first-order valence-electron chi connectivity index (χ1n) is 6.60. The summed E-state index contributed by atoms with van der Waals surface area (Å²) in [7, 11) is 0. The molecular weight excluding hydrogens is 258 g/mol. The van der Waals surface area contributed by atoms with E-state index in [1.165, 1.54) is 12.2 Å². The van der Waals surface area contributed by atoms with Gasteiger partial charge in [-0.1, -0.05) is 25.5 Å². The number of amides is 2. The van der Waals surface area contributed by atoms with E-state index in [1.807, 2.05) is 27.7 Å². The molecule has 1 aliphatic carbocycles. The van der Waals surface area contributed by atoms with Crippen LogP contribution in [0.3, 0.4) is 0 Å². The minimum Gasteiger partial charge on any atom is -0.443 e. The van der Waals surface area contributed by atoms with E-state index in [2.05, 4.69) is 6.08 Å². The number of ether oxygens (including phenoxy) is 1. The number of nitrogens with zero attached hydrogens (tertiary/aromatic N) is 1. The lowest BCUT2D eigenvalue weighted by Gasteiger charge is -2.14. The summed E-state index contributed by atoms with van der Waals surface area (Å²) < 4.78 is 5.11.